The summed E-state index contributed by atoms with van der Waals surface area (Å²) in [6.45, 7) is 6.89. The van der Waals surface area contributed by atoms with Gasteiger partial charge in [-0.2, -0.15) is 0 Å². The second-order valence-corrected chi connectivity index (χ2v) is 9.03. The van der Waals surface area contributed by atoms with Crippen LogP contribution in [0.1, 0.15) is 36.5 Å². The lowest BCUT2D eigenvalue weighted by atomic mass is 10.0. The molecule has 0 atom stereocenters. The Kier molecular flexibility index (Phi) is 7.19. The minimum absolute atomic E-state index is 0.0436. The van der Waals surface area contributed by atoms with Crippen molar-refractivity contribution in [3.05, 3.63) is 89.7 Å². The molecule has 2 aromatic carbocycles. The van der Waals surface area contributed by atoms with Gasteiger partial charge in [-0.25, -0.2) is 0 Å². The molecular weight excluding hydrogens is 430 g/mol. The van der Waals surface area contributed by atoms with Gasteiger partial charge in [0.25, 0.3) is 0 Å². The van der Waals surface area contributed by atoms with Gasteiger partial charge in [0.15, 0.2) is 11.0 Å². The van der Waals surface area contributed by atoms with Crippen molar-refractivity contribution in [2.45, 2.75) is 38.4 Å². The molecule has 2 heterocycles. The van der Waals surface area contributed by atoms with Crippen LogP contribution in [0.5, 0.6) is 0 Å². The third kappa shape index (κ3) is 5.31. The van der Waals surface area contributed by atoms with Crippen LogP contribution in [-0.4, -0.2) is 31.4 Å². The highest BCUT2D eigenvalue weighted by molar-refractivity contribution is 7.99. The maximum atomic E-state index is 12.6. The standard InChI is InChI=1S/C26H27N5OS/c1-18(2)22-12-6-7-13-23(22)31-25(21-11-8-14-27-15-21)29-30-26(31)33-17-24(32)28-16-20-10-5-4-9-19(20)3/h4-15,18H,16-17H2,1-3H3,(H,28,32). The van der Waals surface area contributed by atoms with Crippen LogP contribution in [0.25, 0.3) is 17.1 Å². The highest BCUT2D eigenvalue weighted by atomic mass is 32.2. The van der Waals surface area contributed by atoms with E-state index in [0.717, 1.165) is 22.4 Å². The van der Waals surface area contributed by atoms with E-state index in [1.54, 1.807) is 12.4 Å². The van der Waals surface area contributed by atoms with Gasteiger partial charge < -0.3 is 5.32 Å². The fraction of sp³-hybridized carbons (Fsp3) is 0.231. The predicted octanol–water partition coefficient (Wildman–Crippen LogP) is 5.17. The highest BCUT2D eigenvalue weighted by Crippen LogP contribution is 2.31. The van der Waals surface area contributed by atoms with E-state index in [-0.39, 0.29) is 11.7 Å². The summed E-state index contributed by atoms with van der Waals surface area (Å²) in [4.78, 5) is 16.8. The number of aryl methyl sites for hydroxylation is 1. The Balaban J connectivity index is 1.59. The number of nitrogens with one attached hydrogen (secondary N) is 1. The second-order valence-electron chi connectivity index (χ2n) is 8.09. The molecule has 1 N–H and O–H groups in total. The van der Waals surface area contributed by atoms with Gasteiger partial charge in [0.05, 0.1) is 11.4 Å². The molecule has 0 radical (unpaired) electrons. The van der Waals surface area contributed by atoms with Crippen molar-refractivity contribution >= 4 is 17.7 Å². The lowest BCUT2D eigenvalue weighted by molar-refractivity contribution is -0.118. The van der Waals surface area contributed by atoms with Crippen LogP contribution in [0, 0.1) is 6.92 Å². The lowest BCUT2D eigenvalue weighted by Crippen LogP contribution is -2.25. The Morgan fingerprint density at radius 1 is 1.03 bits per heavy atom. The zero-order chi connectivity index (χ0) is 23.2. The molecule has 6 nitrogen and oxygen atoms in total. The number of carbonyl (C=O) groups is 1. The van der Waals surface area contributed by atoms with Crippen LogP contribution in [0.4, 0.5) is 0 Å². The molecule has 0 bridgehead atoms. The van der Waals surface area contributed by atoms with Crippen LogP contribution in [0.2, 0.25) is 0 Å². The number of rotatable bonds is 8. The van der Waals surface area contributed by atoms with Crippen molar-refractivity contribution in [3.63, 3.8) is 0 Å². The summed E-state index contributed by atoms with van der Waals surface area (Å²) in [7, 11) is 0. The minimum atomic E-state index is -0.0436. The highest BCUT2D eigenvalue weighted by Gasteiger charge is 2.20. The molecule has 0 spiro atoms. The summed E-state index contributed by atoms with van der Waals surface area (Å²) in [5.74, 6) is 1.23. The average molecular weight is 458 g/mol. The first-order valence-electron chi connectivity index (χ1n) is 10.9. The number of benzene rings is 2. The van der Waals surface area contributed by atoms with Crippen LogP contribution in [0.3, 0.4) is 0 Å². The van der Waals surface area contributed by atoms with Crippen molar-refractivity contribution < 1.29 is 4.79 Å². The first-order chi connectivity index (χ1) is 16.0. The number of aromatic nitrogens is 4. The van der Waals surface area contributed by atoms with Crippen molar-refractivity contribution in [1.82, 2.24) is 25.1 Å². The molecule has 4 rings (SSSR count). The molecule has 168 valence electrons. The predicted molar refractivity (Wildman–Crippen MR) is 132 cm³/mol. The van der Waals surface area contributed by atoms with E-state index in [9.17, 15) is 4.79 Å². The van der Waals surface area contributed by atoms with Crippen molar-refractivity contribution in [2.75, 3.05) is 5.75 Å². The van der Waals surface area contributed by atoms with Gasteiger partial charge in [-0.05, 0) is 47.7 Å². The molecule has 4 aromatic rings. The quantitative estimate of drug-likeness (QED) is 0.370. The number of para-hydroxylation sites is 1. The first-order valence-corrected chi connectivity index (χ1v) is 11.9. The zero-order valence-electron chi connectivity index (χ0n) is 19.0. The summed E-state index contributed by atoms with van der Waals surface area (Å²) in [6.07, 6.45) is 3.52. The molecule has 7 heteroatoms. The van der Waals surface area contributed by atoms with Gasteiger partial charge in [-0.15, -0.1) is 10.2 Å². The third-order valence-electron chi connectivity index (χ3n) is 5.42. The maximum absolute atomic E-state index is 12.6. The second kappa shape index (κ2) is 10.4. The first kappa shape index (κ1) is 22.7. The summed E-state index contributed by atoms with van der Waals surface area (Å²) in [5.41, 5.74) is 5.35. The molecule has 0 fully saturated rings. The van der Waals surface area contributed by atoms with Crippen molar-refractivity contribution in [3.8, 4) is 17.1 Å². The normalized spacial score (nSPS) is 11.0. The van der Waals surface area contributed by atoms with Crippen LogP contribution in [0.15, 0.2) is 78.2 Å². The summed E-state index contributed by atoms with van der Waals surface area (Å²) < 4.78 is 2.03. The molecule has 0 saturated heterocycles. The van der Waals surface area contributed by atoms with Gasteiger partial charge in [0, 0.05) is 24.5 Å². The number of nitrogens with zero attached hydrogens (tertiary/aromatic N) is 4. The number of hydrogen-bond donors (Lipinski definition) is 1. The van der Waals surface area contributed by atoms with E-state index >= 15 is 0 Å². The average Bonchev–Trinajstić information content (AvgIpc) is 3.26. The summed E-state index contributed by atoms with van der Waals surface area (Å²) in [6, 6.07) is 20.2. The molecule has 0 saturated carbocycles. The SMILES string of the molecule is Cc1ccccc1CNC(=O)CSc1nnc(-c2cccnc2)n1-c1ccccc1C(C)C. The number of hydrogen-bond acceptors (Lipinski definition) is 5. The Hall–Kier alpha value is -3.45. The number of carbonyl (C=O) groups excluding carboxylic acids is 1. The van der Waals surface area contributed by atoms with Crippen LogP contribution >= 0.6 is 11.8 Å². The van der Waals surface area contributed by atoms with E-state index in [0.29, 0.717) is 23.4 Å². The van der Waals surface area contributed by atoms with Gasteiger partial charge in [-0.1, -0.05) is 68.1 Å². The third-order valence-corrected chi connectivity index (χ3v) is 6.35. The number of pyridine rings is 1. The molecule has 0 aliphatic carbocycles. The molecule has 0 aliphatic heterocycles. The fourth-order valence-electron chi connectivity index (χ4n) is 3.63. The summed E-state index contributed by atoms with van der Waals surface area (Å²) >= 11 is 1.38. The monoisotopic (exact) mass is 457 g/mol. The largest absolute Gasteiger partial charge is 0.351 e. The molecule has 0 aliphatic rings. The Morgan fingerprint density at radius 2 is 1.82 bits per heavy atom. The van der Waals surface area contributed by atoms with Crippen molar-refractivity contribution in [1.29, 1.82) is 0 Å². The molecule has 33 heavy (non-hydrogen) atoms. The van der Waals surface area contributed by atoms with E-state index in [1.807, 2.05) is 60.0 Å². The topological polar surface area (TPSA) is 72.7 Å². The van der Waals surface area contributed by atoms with E-state index in [4.69, 9.17) is 0 Å². The Labute approximate surface area is 198 Å². The molecular formula is C26H27N5OS. The molecule has 0 unspecified atom stereocenters. The molecule has 2 aromatic heterocycles. The minimum Gasteiger partial charge on any atom is -0.351 e. The van der Waals surface area contributed by atoms with Gasteiger partial charge in [-0.3, -0.25) is 14.3 Å². The Bertz CT molecular complexity index is 1240. The van der Waals surface area contributed by atoms with Crippen LogP contribution in [-0.2, 0) is 11.3 Å². The van der Waals surface area contributed by atoms with E-state index in [1.165, 1.54) is 17.3 Å². The van der Waals surface area contributed by atoms with Gasteiger partial charge in [0.1, 0.15) is 0 Å². The van der Waals surface area contributed by atoms with Gasteiger partial charge >= 0.3 is 0 Å². The van der Waals surface area contributed by atoms with Crippen molar-refractivity contribution in [2.24, 2.45) is 0 Å². The fourth-order valence-corrected chi connectivity index (χ4v) is 4.40. The smallest absolute Gasteiger partial charge is 0.230 e. The Morgan fingerprint density at radius 3 is 2.58 bits per heavy atom. The number of thioether (sulfide) groups is 1. The lowest BCUT2D eigenvalue weighted by Gasteiger charge is -2.16. The molecule has 1 amide bonds. The van der Waals surface area contributed by atoms with Gasteiger partial charge in [0.2, 0.25) is 5.91 Å². The summed E-state index contributed by atoms with van der Waals surface area (Å²) in [5, 5.41) is 12.6. The van der Waals surface area contributed by atoms with E-state index in [2.05, 4.69) is 46.5 Å². The zero-order valence-corrected chi connectivity index (χ0v) is 19.8. The van der Waals surface area contributed by atoms with Crippen LogP contribution < -0.4 is 5.32 Å². The van der Waals surface area contributed by atoms with E-state index < -0.39 is 0 Å². The maximum Gasteiger partial charge on any atom is 0.230 e. The number of amides is 1.